The van der Waals surface area contributed by atoms with Crippen molar-refractivity contribution in [1.82, 2.24) is 15.0 Å². The SMILES string of the molecule is CCOc1cccc2[nH]cc(CCNc3ncnc4ccc(S(C)(=O)=O)cc34)c12. The maximum Gasteiger partial charge on any atom is 0.175 e. The fourth-order valence-electron chi connectivity index (χ4n) is 3.42. The number of aromatic nitrogens is 3. The lowest BCUT2D eigenvalue weighted by molar-refractivity contribution is 0.344. The molecule has 4 aromatic rings. The van der Waals surface area contributed by atoms with Crippen molar-refractivity contribution in [3.05, 3.63) is 54.5 Å². The van der Waals surface area contributed by atoms with Gasteiger partial charge in [-0.05, 0) is 49.2 Å². The van der Waals surface area contributed by atoms with Gasteiger partial charge in [-0.1, -0.05) is 6.07 Å². The summed E-state index contributed by atoms with van der Waals surface area (Å²) in [4.78, 5) is 12.1. The Morgan fingerprint density at radius 2 is 2.03 bits per heavy atom. The smallest absolute Gasteiger partial charge is 0.175 e. The van der Waals surface area contributed by atoms with Crippen molar-refractivity contribution in [2.75, 3.05) is 24.7 Å². The van der Waals surface area contributed by atoms with Gasteiger partial charge in [0.15, 0.2) is 9.84 Å². The molecular weight excluding hydrogens is 388 g/mol. The number of anilines is 1. The molecule has 0 bridgehead atoms. The van der Waals surface area contributed by atoms with Crippen molar-refractivity contribution < 1.29 is 13.2 Å². The fourth-order valence-corrected chi connectivity index (χ4v) is 4.06. The Bertz CT molecular complexity index is 1280. The summed E-state index contributed by atoms with van der Waals surface area (Å²) >= 11 is 0. The highest BCUT2D eigenvalue weighted by Crippen LogP contribution is 2.29. The van der Waals surface area contributed by atoms with Crippen LogP contribution in [0, 0.1) is 0 Å². The molecule has 8 heteroatoms. The van der Waals surface area contributed by atoms with Crippen LogP contribution in [0.3, 0.4) is 0 Å². The van der Waals surface area contributed by atoms with Crippen LogP contribution in [-0.2, 0) is 16.3 Å². The average molecular weight is 410 g/mol. The monoisotopic (exact) mass is 410 g/mol. The summed E-state index contributed by atoms with van der Waals surface area (Å²) in [6.07, 6.45) is 5.41. The Kier molecular flexibility index (Phi) is 5.10. The standard InChI is InChI=1S/C21H22N4O3S/c1-3-28-19-6-4-5-18-20(19)14(12-23-18)9-10-22-21-16-11-15(29(2,26)27)7-8-17(16)24-13-25-21/h4-8,11-13,23H,3,9-10H2,1-2H3,(H,22,24,25). The summed E-state index contributed by atoms with van der Waals surface area (Å²) in [6, 6.07) is 10.9. The van der Waals surface area contributed by atoms with Crippen LogP contribution in [-0.4, -0.2) is 42.8 Å². The summed E-state index contributed by atoms with van der Waals surface area (Å²) in [5, 5.41) is 5.09. The summed E-state index contributed by atoms with van der Waals surface area (Å²) in [6.45, 7) is 3.21. The van der Waals surface area contributed by atoms with Gasteiger partial charge >= 0.3 is 0 Å². The number of nitrogens with zero attached hydrogens (tertiary/aromatic N) is 2. The number of hydrogen-bond donors (Lipinski definition) is 2. The molecule has 0 aliphatic carbocycles. The first-order valence-corrected chi connectivity index (χ1v) is 11.3. The van der Waals surface area contributed by atoms with Gasteiger partial charge < -0.3 is 15.0 Å². The number of benzene rings is 2. The first kappa shape index (κ1) is 19.2. The van der Waals surface area contributed by atoms with E-state index < -0.39 is 9.84 Å². The highest BCUT2D eigenvalue weighted by molar-refractivity contribution is 7.90. The number of hydrogen-bond acceptors (Lipinski definition) is 6. The van der Waals surface area contributed by atoms with E-state index >= 15 is 0 Å². The Morgan fingerprint density at radius 3 is 2.83 bits per heavy atom. The minimum absolute atomic E-state index is 0.251. The molecule has 0 amide bonds. The third kappa shape index (κ3) is 3.88. The van der Waals surface area contributed by atoms with Gasteiger partial charge in [0.1, 0.15) is 17.9 Å². The molecule has 4 rings (SSSR count). The number of rotatable bonds is 7. The largest absolute Gasteiger partial charge is 0.493 e. The Hall–Kier alpha value is -3.13. The van der Waals surface area contributed by atoms with Crippen LogP contribution in [0.25, 0.3) is 21.8 Å². The van der Waals surface area contributed by atoms with E-state index in [2.05, 4.69) is 20.3 Å². The average Bonchev–Trinajstić information content (AvgIpc) is 3.11. The second-order valence-corrected chi connectivity index (χ2v) is 8.79. The van der Waals surface area contributed by atoms with Gasteiger partial charge in [0.05, 0.1) is 17.0 Å². The molecule has 0 saturated carbocycles. The molecule has 0 radical (unpaired) electrons. The first-order chi connectivity index (χ1) is 14.0. The Labute approximate surface area is 169 Å². The third-order valence-electron chi connectivity index (χ3n) is 4.77. The van der Waals surface area contributed by atoms with E-state index in [9.17, 15) is 8.42 Å². The zero-order chi connectivity index (χ0) is 20.4. The number of ether oxygens (including phenoxy) is 1. The molecule has 0 atom stereocenters. The van der Waals surface area contributed by atoms with E-state index in [-0.39, 0.29) is 4.90 Å². The van der Waals surface area contributed by atoms with E-state index in [1.807, 2.05) is 31.3 Å². The second kappa shape index (κ2) is 7.71. The van der Waals surface area contributed by atoms with Crippen molar-refractivity contribution in [2.24, 2.45) is 0 Å². The van der Waals surface area contributed by atoms with Crippen molar-refractivity contribution in [2.45, 2.75) is 18.2 Å². The molecule has 0 spiro atoms. The lowest BCUT2D eigenvalue weighted by Gasteiger charge is -2.10. The lowest BCUT2D eigenvalue weighted by atomic mass is 10.1. The Balaban J connectivity index is 1.59. The second-order valence-electron chi connectivity index (χ2n) is 6.78. The zero-order valence-electron chi connectivity index (χ0n) is 16.3. The third-order valence-corrected chi connectivity index (χ3v) is 5.88. The molecule has 7 nitrogen and oxygen atoms in total. The lowest BCUT2D eigenvalue weighted by Crippen LogP contribution is -2.07. The molecule has 2 aromatic carbocycles. The normalized spacial score (nSPS) is 11.8. The van der Waals surface area contributed by atoms with Crippen LogP contribution in [0.1, 0.15) is 12.5 Å². The van der Waals surface area contributed by atoms with Gasteiger partial charge in [-0.3, -0.25) is 0 Å². The van der Waals surface area contributed by atoms with E-state index in [1.54, 1.807) is 18.2 Å². The predicted octanol–water partition coefficient (Wildman–Crippen LogP) is 3.57. The number of nitrogens with one attached hydrogen (secondary N) is 2. The molecule has 29 heavy (non-hydrogen) atoms. The van der Waals surface area contributed by atoms with Gasteiger partial charge in [0.25, 0.3) is 0 Å². The highest BCUT2D eigenvalue weighted by atomic mass is 32.2. The van der Waals surface area contributed by atoms with Gasteiger partial charge in [-0.25, -0.2) is 18.4 Å². The van der Waals surface area contributed by atoms with E-state index in [4.69, 9.17) is 4.74 Å². The van der Waals surface area contributed by atoms with Crippen LogP contribution < -0.4 is 10.1 Å². The quantitative estimate of drug-likeness (QED) is 0.483. The van der Waals surface area contributed by atoms with Crippen LogP contribution in [0.2, 0.25) is 0 Å². The molecule has 150 valence electrons. The fraction of sp³-hybridized carbons (Fsp3) is 0.238. The summed E-state index contributed by atoms with van der Waals surface area (Å²) in [5.41, 5.74) is 2.88. The molecule has 0 aliphatic heterocycles. The van der Waals surface area contributed by atoms with E-state index in [0.29, 0.717) is 29.9 Å². The van der Waals surface area contributed by atoms with Crippen LogP contribution >= 0.6 is 0 Å². The van der Waals surface area contributed by atoms with Crippen LogP contribution in [0.4, 0.5) is 5.82 Å². The van der Waals surface area contributed by atoms with Crippen molar-refractivity contribution in [3.63, 3.8) is 0 Å². The number of sulfone groups is 1. The summed E-state index contributed by atoms with van der Waals surface area (Å²) in [5.74, 6) is 1.48. The number of aromatic amines is 1. The molecule has 0 unspecified atom stereocenters. The first-order valence-electron chi connectivity index (χ1n) is 9.38. The number of H-pyrrole nitrogens is 1. The van der Waals surface area contributed by atoms with Crippen molar-refractivity contribution in [1.29, 1.82) is 0 Å². The molecule has 2 N–H and O–H groups in total. The van der Waals surface area contributed by atoms with Gasteiger partial charge in [0, 0.05) is 35.3 Å². The molecular formula is C21H22N4O3S. The van der Waals surface area contributed by atoms with Crippen molar-refractivity contribution >= 4 is 37.5 Å². The minimum Gasteiger partial charge on any atom is -0.493 e. The molecule has 2 aromatic heterocycles. The van der Waals surface area contributed by atoms with Crippen LogP contribution in [0.15, 0.2) is 53.8 Å². The molecule has 2 heterocycles. The van der Waals surface area contributed by atoms with Gasteiger partial charge in [-0.15, -0.1) is 0 Å². The molecule has 0 aliphatic rings. The van der Waals surface area contributed by atoms with E-state index in [1.165, 1.54) is 12.6 Å². The van der Waals surface area contributed by atoms with E-state index in [0.717, 1.165) is 28.6 Å². The highest BCUT2D eigenvalue weighted by Gasteiger charge is 2.12. The predicted molar refractivity (Wildman–Crippen MR) is 114 cm³/mol. The number of fused-ring (bicyclic) bond motifs is 2. The zero-order valence-corrected chi connectivity index (χ0v) is 17.1. The molecule has 0 saturated heterocycles. The van der Waals surface area contributed by atoms with Crippen molar-refractivity contribution in [3.8, 4) is 5.75 Å². The minimum atomic E-state index is -3.30. The molecule has 0 fully saturated rings. The van der Waals surface area contributed by atoms with Gasteiger partial charge in [0.2, 0.25) is 0 Å². The topological polar surface area (TPSA) is 97.0 Å². The maximum atomic E-state index is 11.9. The van der Waals surface area contributed by atoms with Gasteiger partial charge in [-0.2, -0.15) is 0 Å². The summed E-state index contributed by atoms with van der Waals surface area (Å²) in [7, 11) is -3.30. The summed E-state index contributed by atoms with van der Waals surface area (Å²) < 4.78 is 29.5. The Morgan fingerprint density at radius 1 is 1.17 bits per heavy atom. The maximum absolute atomic E-state index is 11.9. The van der Waals surface area contributed by atoms with Crippen LogP contribution in [0.5, 0.6) is 5.75 Å².